The summed E-state index contributed by atoms with van der Waals surface area (Å²) in [5, 5.41) is 14.1. The average Bonchev–Trinajstić information content (AvgIpc) is 2.71. The summed E-state index contributed by atoms with van der Waals surface area (Å²) in [5.41, 5.74) is 2.00. The Morgan fingerprint density at radius 1 is 1.00 bits per heavy atom. The Morgan fingerprint density at radius 3 is 2.24 bits per heavy atom. The molecular weight excluding hydrogens is 360 g/mol. The van der Waals surface area contributed by atoms with Crippen molar-refractivity contribution in [2.24, 2.45) is 0 Å². The minimum atomic E-state index is -0.301. The summed E-state index contributed by atoms with van der Waals surface area (Å²) in [5.74, 6) is 0. The number of para-hydroxylation sites is 2. The number of benzene rings is 2. The number of nitrogens with one attached hydrogen (secondary N) is 1. The van der Waals surface area contributed by atoms with Gasteiger partial charge < -0.3 is 5.32 Å². The number of rotatable bonds is 7. The highest BCUT2D eigenvalue weighted by Gasteiger charge is 2.18. The van der Waals surface area contributed by atoms with Gasteiger partial charge in [0.25, 0.3) is 5.56 Å². The van der Waals surface area contributed by atoms with E-state index in [1.165, 1.54) is 0 Å². The number of hydrogen-bond acceptors (Lipinski definition) is 4. The lowest BCUT2D eigenvalue weighted by molar-refractivity contribution is 0.182. The molecule has 5 heteroatoms. The maximum atomic E-state index is 13.2. The summed E-state index contributed by atoms with van der Waals surface area (Å²) in [4.78, 5) is 15.6. The van der Waals surface area contributed by atoms with E-state index >= 15 is 0 Å². The van der Waals surface area contributed by atoms with Crippen LogP contribution < -0.4 is 10.9 Å². The molecular formula is C24H28N4O. The molecule has 0 fully saturated rings. The SMILES string of the molecule is CC(C)N(CCNc1c(C#N)c(=O)n(-c2ccccc2)c2ccccc12)C(C)C. The van der Waals surface area contributed by atoms with Gasteiger partial charge in [-0.25, -0.2) is 0 Å². The molecule has 0 saturated carbocycles. The van der Waals surface area contributed by atoms with E-state index in [9.17, 15) is 10.1 Å². The van der Waals surface area contributed by atoms with Crippen molar-refractivity contribution in [2.75, 3.05) is 18.4 Å². The molecule has 0 atom stereocenters. The molecule has 0 aliphatic carbocycles. The van der Waals surface area contributed by atoms with Crippen LogP contribution in [0, 0.1) is 11.3 Å². The molecule has 2 aromatic carbocycles. The number of hydrogen-bond donors (Lipinski definition) is 1. The highest BCUT2D eigenvalue weighted by molar-refractivity contribution is 5.95. The van der Waals surface area contributed by atoms with E-state index in [0.717, 1.165) is 23.1 Å². The van der Waals surface area contributed by atoms with Gasteiger partial charge in [0.2, 0.25) is 0 Å². The summed E-state index contributed by atoms with van der Waals surface area (Å²) in [6.45, 7) is 10.2. The van der Waals surface area contributed by atoms with Crippen LogP contribution in [0.15, 0.2) is 59.4 Å². The lowest BCUT2D eigenvalue weighted by Gasteiger charge is -2.30. The van der Waals surface area contributed by atoms with E-state index in [1.54, 1.807) is 4.57 Å². The monoisotopic (exact) mass is 388 g/mol. The fraction of sp³-hybridized carbons (Fsp3) is 0.333. The van der Waals surface area contributed by atoms with Gasteiger partial charge in [0, 0.05) is 36.2 Å². The van der Waals surface area contributed by atoms with Crippen molar-refractivity contribution in [2.45, 2.75) is 39.8 Å². The number of anilines is 1. The van der Waals surface area contributed by atoms with Crippen molar-refractivity contribution in [1.82, 2.24) is 9.47 Å². The van der Waals surface area contributed by atoms with Crippen molar-refractivity contribution in [3.8, 4) is 11.8 Å². The number of pyridine rings is 1. The quantitative estimate of drug-likeness (QED) is 0.652. The summed E-state index contributed by atoms with van der Waals surface area (Å²) in [6, 6.07) is 20.2. The zero-order chi connectivity index (χ0) is 21.0. The number of fused-ring (bicyclic) bond motifs is 1. The molecule has 3 rings (SSSR count). The minimum absolute atomic E-state index is 0.146. The highest BCUT2D eigenvalue weighted by atomic mass is 16.1. The van der Waals surface area contributed by atoms with E-state index in [4.69, 9.17) is 0 Å². The molecule has 1 N–H and O–H groups in total. The van der Waals surface area contributed by atoms with Gasteiger partial charge in [-0.3, -0.25) is 14.3 Å². The maximum Gasteiger partial charge on any atom is 0.275 e. The largest absolute Gasteiger partial charge is 0.382 e. The molecule has 5 nitrogen and oxygen atoms in total. The molecule has 1 heterocycles. The van der Waals surface area contributed by atoms with Gasteiger partial charge in [-0.15, -0.1) is 0 Å². The first-order valence-corrected chi connectivity index (χ1v) is 10.1. The van der Waals surface area contributed by atoms with Gasteiger partial charge in [0.15, 0.2) is 0 Å². The minimum Gasteiger partial charge on any atom is -0.382 e. The van der Waals surface area contributed by atoms with Gasteiger partial charge in [-0.1, -0.05) is 36.4 Å². The maximum absolute atomic E-state index is 13.2. The molecule has 0 bridgehead atoms. The first-order valence-electron chi connectivity index (χ1n) is 10.1. The fourth-order valence-corrected chi connectivity index (χ4v) is 3.89. The molecule has 1 aromatic heterocycles. The summed E-state index contributed by atoms with van der Waals surface area (Å²) >= 11 is 0. The van der Waals surface area contributed by atoms with Crippen molar-refractivity contribution >= 4 is 16.6 Å². The predicted molar refractivity (Wildman–Crippen MR) is 120 cm³/mol. The van der Waals surface area contributed by atoms with Crippen LogP contribution in [0.5, 0.6) is 0 Å². The molecule has 29 heavy (non-hydrogen) atoms. The molecule has 0 amide bonds. The van der Waals surface area contributed by atoms with Crippen LogP contribution >= 0.6 is 0 Å². The van der Waals surface area contributed by atoms with Crippen LogP contribution in [0.2, 0.25) is 0 Å². The molecule has 3 aromatic rings. The smallest absolute Gasteiger partial charge is 0.275 e. The van der Waals surface area contributed by atoms with Crippen molar-refractivity contribution < 1.29 is 0 Å². The second-order valence-corrected chi connectivity index (χ2v) is 7.71. The first kappa shape index (κ1) is 20.6. The van der Waals surface area contributed by atoms with Gasteiger partial charge in [0.05, 0.1) is 11.2 Å². The Labute approximate surface area is 172 Å². The summed E-state index contributed by atoms with van der Waals surface area (Å²) < 4.78 is 1.62. The zero-order valence-electron chi connectivity index (χ0n) is 17.5. The highest BCUT2D eigenvalue weighted by Crippen LogP contribution is 2.26. The van der Waals surface area contributed by atoms with Crippen LogP contribution in [0.4, 0.5) is 5.69 Å². The second-order valence-electron chi connectivity index (χ2n) is 7.71. The van der Waals surface area contributed by atoms with E-state index in [-0.39, 0.29) is 11.1 Å². The Kier molecular flexibility index (Phi) is 6.36. The Hall–Kier alpha value is -3.10. The molecule has 0 spiro atoms. The van der Waals surface area contributed by atoms with Crippen molar-refractivity contribution in [3.05, 3.63) is 70.5 Å². The lowest BCUT2D eigenvalue weighted by Crippen LogP contribution is -2.40. The third-order valence-electron chi connectivity index (χ3n) is 5.21. The first-order chi connectivity index (χ1) is 14.0. The van der Waals surface area contributed by atoms with E-state index < -0.39 is 0 Å². The van der Waals surface area contributed by atoms with Gasteiger partial charge >= 0.3 is 0 Å². The lowest BCUT2D eigenvalue weighted by atomic mass is 10.1. The van der Waals surface area contributed by atoms with Gasteiger partial charge in [-0.2, -0.15) is 5.26 Å². The van der Waals surface area contributed by atoms with E-state index in [0.29, 0.717) is 24.3 Å². The zero-order valence-corrected chi connectivity index (χ0v) is 17.5. The van der Waals surface area contributed by atoms with Crippen molar-refractivity contribution in [3.63, 3.8) is 0 Å². The third kappa shape index (κ3) is 4.18. The van der Waals surface area contributed by atoms with Crippen LogP contribution in [-0.4, -0.2) is 34.6 Å². The van der Waals surface area contributed by atoms with Crippen molar-refractivity contribution in [1.29, 1.82) is 5.26 Å². The molecule has 0 aliphatic heterocycles. The molecule has 0 unspecified atom stereocenters. The standard InChI is InChI=1S/C24H28N4O/c1-17(2)27(18(3)4)15-14-26-23-20-12-8-9-13-22(20)28(24(29)21(23)16-25)19-10-6-5-7-11-19/h5-13,17-18,26H,14-15H2,1-4H3. The van der Waals surface area contributed by atoms with Crippen LogP contribution in [0.25, 0.3) is 16.6 Å². The molecule has 0 aliphatic rings. The number of aromatic nitrogens is 1. The third-order valence-corrected chi connectivity index (χ3v) is 5.21. The Bertz CT molecular complexity index is 1070. The fourth-order valence-electron chi connectivity index (χ4n) is 3.89. The average molecular weight is 389 g/mol. The Morgan fingerprint density at radius 2 is 1.62 bits per heavy atom. The second kappa shape index (κ2) is 8.93. The van der Waals surface area contributed by atoms with Crippen LogP contribution in [0.1, 0.15) is 33.3 Å². The molecule has 150 valence electrons. The number of nitriles is 1. The predicted octanol–water partition coefficient (Wildman–Crippen LogP) is 4.39. The van der Waals surface area contributed by atoms with Gasteiger partial charge in [0.1, 0.15) is 11.6 Å². The topological polar surface area (TPSA) is 61.1 Å². The van der Waals surface area contributed by atoms with E-state index in [2.05, 4.69) is 44.0 Å². The number of nitrogens with zero attached hydrogens (tertiary/aromatic N) is 3. The molecule has 0 saturated heterocycles. The molecule has 0 radical (unpaired) electrons. The summed E-state index contributed by atoms with van der Waals surface area (Å²) in [7, 11) is 0. The van der Waals surface area contributed by atoms with Gasteiger partial charge in [-0.05, 0) is 45.9 Å². The Balaban J connectivity index is 2.08. The van der Waals surface area contributed by atoms with E-state index in [1.807, 2.05) is 54.6 Å². The van der Waals surface area contributed by atoms with Crippen LogP contribution in [-0.2, 0) is 0 Å². The normalized spacial score (nSPS) is 11.4. The van der Waals surface area contributed by atoms with Crippen LogP contribution in [0.3, 0.4) is 0 Å². The summed E-state index contributed by atoms with van der Waals surface area (Å²) in [6.07, 6.45) is 0.